The number of hydroxylamine groups is 1. The van der Waals surface area contributed by atoms with Gasteiger partial charge < -0.3 is 0 Å². The van der Waals surface area contributed by atoms with Gasteiger partial charge in [0, 0.05) is 11.6 Å². The molecule has 72 valence electrons. The van der Waals surface area contributed by atoms with E-state index in [4.69, 9.17) is 4.84 Å². The van der Waals surface area contributed by atoms with E-state index in [1.54, 1.807) is 12.7 Å². The van der Waals surface area contributed by atoms with Crippen LogP contribution in [0.2, 0.25) is 0 Å². The van der Waals surface area contributed by atoms with Crippen molar-refractivity contribution in [2.75, 3.05) is 7.11 Å². The van der Waals surface area contributed by atoms with E-state index < -0.39 is 0 Å². The molecule has 0 radical (unpaired) electrons. The van der Waals surface area contributed by atoms with E-state index in [1.165, 1.54) is 37.8 Å². The van der Waals surface area contributed by atoms with E-state index in [-0.39, 0.29) is 0 Å². The molecule has 0 saturated heterocycles. The van der Waals surface area contributed by atoms with Gasteiger partial charge in [0.05, 0.1) is 7.11 Å². The molecule has 0 heterocycles. The largest absolute Gasteiger partial charge is 0.280 e. The first-order valence-corrected chi connectivity index (χ1v) is 5.37. The minimum absolute atomic E-state index is 0.807. The Bertz CT molecular complexity index is 243. The molecule has 2 nitrogen and oxygen atoms in total. The maximum atomic E-state index is 5.06. The van der Waals surface area contributed by atoms with Crippen molar-refractivity contribution in [1.29, 1.82) is 0 Å². The molecular weight excluding hydrogens is 162 g/mol. The van der Waals surface area contributed by atoms with Crippen molar-refractivity contribution < 1.29 is 4.84 Å². The van der Waals surface area contributed by atoms with Crippen molar-refractivity contribution in [3.05, 3.63) is 11.3 Å². The highest BCUT2D eigenvalue weighted by atomic mass is 16.6. The van der Waals surface area contributed by atoms with Gasteiger partial charge in [0.1, 0.15) is 0 Å². The van der Waals surface area contributed by atoms with Crippen LogP contribution in [0.4, 0.5) is 0 Å². The number of nitrogens with one attached hydrogen (secondary N) is 1. The lowest BCUT2D eigenvalue weighted by Gasteiger charge is -2.47. The highest BCUT2D eigenvalue weighted by Crippen LogP contribution is 2.52. The number of hydrogen-bond donors (Lipinski definition) is 1. The third-order valence-corrected chi connectivity index (χ3v) is 3.97. The van der Waals surface area contributed by atoms with Crippen molar-refractivity contribution in [2.24, 2.45) is 17.8 Å². The number of hydrogen-bond acceptors (Lipinski definition) is 2. The van der Waals surface area contributed by atoms with E-state index in [2.05, 4.69) is 5.48 Å². The lowest BCUT2D eigenvalue weighted by Crippen LogP contribution is -2.39. The van der Waals surface area contributed by atoms with E-state index in [0.29, 0.717) is 0 Å². The molecule has 2 atom stereocenters. The average Bonchev–Trinajstić information content (AvgIpc) is 2.10. The van der Waals surface area contributed by atoms with Crippen molar-refractivity contribution >= 4 is 0 Å². The van der Waals surface area contributed by atoms with Crippen LogP contribution in [-0.2, 0) is 4.84 Å². The molecule has 0 aromatic rings. The molecular formula is C11H17NO. The standard InChI is InChI=1S/C11H17NO/c1-13-12-11-9-3-7-2-8(5-9)6-10(11)4-7/h7-9,12H,2-6H2,1H3. The third-order valence-electron chi connectivity index (χ3n) is 3.97. The Balaban J connectivity index is 1.92. The SMILES string of the molecule is CONC1=C2CC3CC(C2)CC1C3. The van der Waals surface area contributed by atoms with Gasteiger partial charge in [0.15, 0.2) is 0 Å². The highest BCUT2D eigenvalue weighted by Gasteiger charge is 2.41. The molecule has 0 aromatic carbocycles. The Hall–Kier alpha value is -0.500. The first-order chi connectivity index (χ1) is 6.36. The number of rotatable bonds is 2. The monoisotopic (exact) mass is 179 g/mol. The van der Waals surface area contributed by atoms with Crippen LogP contribution in [0.5, 0.6) is 0 Å². The van der Waals surface area contributed by atoms with E-state index >= 15 is 0 Å². The molecule has 4 aliphatic carbocycles. The van der Waals surface area contributed by atoms with Crippen LogP contribution in [0.25, 0.3) is 0 Å². The molecule has 0 amide bonds. The van der Waals surface area contributed by atoms with Gasteiger partial charge in [0.2, 0.25) is 0 Å². The third kappa shape index (κ3) is 1.12. The second-order valence-corrected chi connectivity index (χ2v) is 4.87. The summed E-state index contributed by atoms with van der Waals surface area (Å²) in [5.41, 5.74) is 6.22. The molecule has 0 spiro atoms. The maximum absolute atomic E-state index is 5.06. The molecule has 4 bridgehead atoms. The predicted octanol–water partition coefficient (Wildman–Crippen LogP) is 2.23. The second-order valence-electron chi connectivity index (χ2n) is 4.87. The van der Waals surface area contributed by atoms with Crippen LogP contribution in [0.3, 0.4) is 0 Å². The molecule has 1 N–H and O–H groups in total. The quantitative estimate of drug-likeness (QED) is 0.656. The normalized spacial score (nSPS) is 41.5. The predicted molar refractivity (Wildman–Crippen MR) is 50.7 cm³/mol. The van der Waals surface area contributed by atoms with Gasteiger partial charge in [-0.15, -0.1) is 0 Å². The van der Waals surface area contributed by atoms with Gasteiger partial charge in [-0.2, -0.15) is 0 Å². The summed E-state index contributed by atoms with van der Waals surface area (Å²) in [4.78, 5) is 5.06. The first-order valence-electron chi connectivity index (χ1n) is 5.37. The van der Waals surface area contributed by atoms with Gasteiger partial charge in [-0.3, -0.25) is 10.3 Å². The summed E-state index contributed by atoms with van der Waals surface area (Å²) in [7, 11) is 1.72. The van der Waals surface area contributed by atoms with Crippen molar-refractivity contribution in [1.82, 2.24) is 5.48 Å². The Kier molecular flexibility index (Phi) is 1.66. The van der Waals surface area contributed by atoms with E-state index in [9.17, 15) is 0 Å². The molecule has 2 fully saturated rings. The maximum Gasteiger partial charge on any atom is 0.0636 e. The molecule has 0 aliphatic heterocycles. The fourth-order valence-electron chi connectivity index (χ4n) is 3.69. The fraction of sp³-hybridized carbons (Fsp3) is 0.818. The second kappa shape index (κ2) is 2.74. The van der Waals surface area contributed by atoms with Crippen LogP contribution < -0.4 is 5.48 Å². The zero-order valence-corrected chi connectivity index (χ0v) is 8.18. The zero-order chi connectivity index (χ0) is 8.84. The van der Waals surface area contributed by atoms with Crippen LogP contribution in [0.15, 0.2) is 11.3 Å². The summed E-state index contributed by atoms with van der Waals surface area (Å²) < 4.78 is 0. The Morgan fingerprint density at radius 1 is 1.15 bits per heavy atom. The van der Waals surface area contributed by atoms with Gasteiger partial charge >= 0.3 is 0 Å². The van der Waals surface area contributed by atoms with Gasteiger partial charge in [-0.05, 0) is 49.5 Å². The molecule has 13 heavy (non-hydrogen) atoms. The highest BCUT2D eigenvalue weighted by molar-refractivity contribution is 5.25. The van der Waals surface area contributed by atoms with Gasteiger partial charge in [-0.25, -0.2) is 0 Å². The lowest BCUT2D eigenvalue weighted by atomic mass is 9.60. The van der Waals surface area contributed by atoms with Crippen LogP contribution in [0, 0.1) is 17.8 Å². The summed E-state index contributed by atoms with van der Waals surface area (Å²) in [5.74, 6) is 2.83. The average molecular weight is 179 g/mol. The summed E-state index contributed by atoms with van der Waals surface area (Å²) in [6.07, 6.45) is 7.01. The summed E-state index contributed by atoms with van der Waals surface area (Å²) in [6, 6.07) is 0. The van der Waals surface area contributed by atoms with Crippen molar-refractivity contribution in [3.63, 3.8) is 0 Å². The first kappa shape index (κ1) is 7.86. The van der Waals surface area contributed by atoms with Crippen LogP contribution in [-0.4, -0.2) is 7.11 Å². The smallest absolute Gasteiger partial charge is 0.0636 e. The molecule has 4 rings (SSSR count). The topological polar surface area (TPSA) is 21.3 Å². The summed E-state index contributed by atoms with van der Waals surface area (Å²) >= 11 is 0. The number of allylic oxidation sites excluding steroid dienone is 2. The molecule has 0 aromatic heterocycles. The fourth-order valence-corrected chi connectivity index (χ4v) is 3.69. The lowest BCUT2D eigenvalue weighted by molar-refractivity contribution is 0.0711. The van der Waals surface area contributed by atoms with E-state index in [0.717, 1.165) is 17.8 Å². The molecule has 2 unspecified atom stereocenters. The minimum atomic E-state index is 0.807. The van der Waals surface area contributed by atoms with Crippen LogP contribution >= 0.6 is 0 Å². The molecule has 2 heteroatoms. The van der Waals surface area contributed by atoms with Gasteiger partial charge in [0.25, 0.3) is 0 Å². The molecule has 2 saturated carbocycles. The summed E-state index contributed by atoms with van der Waals surface area (Å²) in [5, 5.41) is 0. The van der Waals surface area contributed by atoms with Crippen molar-refractivity contribution in [3.8, 4) is 0 Å². The van der Waals surface area contributed by atoms with E-state index in [1.807, 2.05) is 0 Å². The minimum Gasteiger partial charge on any atom is -0.280 e. The molecule has 4 aliphatic rings. The zero-order valence-electron chi connectivity index (χ0n) is 8.18. The van der Waals surface area contributed by atoms with Crippen molar-refractivity contribution in [2.45, 2.75) is 32.1 Å². The summed E-state index contributed by atoms with van der Waals surface area (Å²) in [6.45, 7) is 0. The Morgan fingerprint density at radius 2 is 1.85 bits per heavy atom. The Morgan fingerprint density at radius 3 is 2.38 bits per heavy atom. The van der Waals surface area contributed by atoms with Crippen LogP contribution in [0.1, 0.15) is 32.1 Å². The Labute approximate surface area is 79.3 Å². The van der Waals surface area contributed by atoms with Gasteiger partial charge in [-0.1, -0.05) is 0 Å².